The molecule has 6 nitrogen and oxygen atoms in total. The Morgan fingerprint density at radius 3 is 2.53 bits per heavy atom. The van der Waals surface area contributed by atoms with E-state index in [0.29, 0.717) is 40.6 Å². The fourth-order valence-corrected chi connectivity index (χ4v) is 4.13. The molecule has 1 saturated heterocycles. The summed E-state index contributed by atoms with van der Waals surface area (Å²) in [5, 5.41) is 3.73. The predicted octanol–water partition coefficient (Wildman–Crippen LogP) is 5.19. The fraction of sp³-hybridized carbons (Fsp3) is 0.318. The highest BCUT2D eigenvalue weighted by Gasteiger charge is 2.29. The zero-order valence-corrected chi connectivity index (χ0v) is 18.1. The van der Waals surface area contributed by atoms with Gasteiger partial charge < -0.3 is 15.0 Å². The quantitative estimate of drug-likeness (QED) is 0.586. The standard InChI is InChI=1S/C22H22Cl2N4O2/c1-2-30-22-20(25-17-10-3-4-11-18(17)26-22)28-12-6-7-14(13-28)21(29)27-19-15(23)8-5-9-16(19)24/h3-5,8-11,14H,2,6-7,12-13H2,1H3,(H,27,29)/t14-/m1/s1. The number of rotatable bonds is 5. The molecule has 0 saturated carbocycles. The molecule has 2 aromatic carbocycles. The van der Waals surface area contributed by atoms with E-state index in [1.54, 1.807) is 18.2 Å². The molecular formula is C22H22Cl2N4O2. The minimum Gasteiger partial charge on any atom is -0.475 e. The molecule has 8 heteroatoms. The highest BCUT2D eigenvalue weighted by atomic mass is 35.5. The number of ether oxygens (including phenoxy) is 1. The predicted molar refractivity (Wildman–Crippen MR) is 121 cm³/mol. The maximum atomic E-state index is 12.9. The van der Waals surface area contributed by atoms with Crippen molar-refractivity contribution in [2.45, 2.75) is 19.8 Å². The maximum Gasteiger partial charge on any atom is 0.258 e. The van der Waals surface area contributed by atoms with Crippen molar-refractivity contribution in [2.75, 3.05) is 29.9 Å². The van der Waals surface area contributed by atoms with Crippen molar-refractivity contribution < 1.29 is 9.53 Å². The van der Waals surface area contributed by atoms with E-state index in [0.717, 1.165) is 30.4 Å². The maximum absolute atomic E-state index is 12.9. The number of halogens is 2. The van der Waals surface area contributed by atoms with E-state index >= 15 is 0 Å². The van der Waals surface area contributed by atoms with E-state index < -0.39 is 0 Å². The minimum atomic E-state index is -0.228. The van der Waals surface area contributed by atoms with Crippen LogP contribution in [0, 0.1) is 5.92 Å². The lowest BCUT2D eigenvalue weighted by molar-refractivity contribution is -0.120. The zero-order chi connectivity index (χ0) is 21.1. The summed E-state index contributed by atoms with van der Waals surface area (Å²) in [6, 6.07) is 12.8. The van der Waals surface area contributed by atoms with Crippen LogP contribution >= 0.6 is 23.2 Å². The highest BCUT2D eigenvalue weighted by molar-refractivity contribution is 6.39. The summed E-state index contributed by atoms with van der Waals surface area (Å²) in [5.74, 6) is 0.825. The summed E-state index contributed by atoms with van der Waals surface area (Å²) in [4.78, 5) is 24.5. The van der Waals surface area contributed by atoms with Crippen LogP contribution in [-0.2, 0) is 4.79 Å². The number of hydrogen-bond acceptors (Lipinski definition) is 5. The molecule has 0 radical (unpaired) electrons. The molecule has 0 aliphatic carbocycles. The first-order valence-corrected chi connectivity index (χ1v) is 10.7. The van der Waals surface area contributed by atoms with Crippen LogP contribution in [0.4, 0.5) is 11.5 Å². The number of aromatic nitrogens is 2. The SMILES string of the molecule is CCOc1nc2ccccc2nc1N1CCC[C@@H](C(=O)Nc2c(Cl)cccc2Cl)C1. The minimum absolute atomic E-state index is 0.110. The fourth-order valence-electron chi connectivity index (χ4n) is 3.64. The Labute approximate surface area is 185 Å². The average Bonchev–Trinajstić information content (AvgIpc) is 2.76. The number of anilines is 2. The molecule has 1 aromatic heterocycles. The number of nitrogens with one attached hydrogen (secondary N) is 1. The van der Waals surface area contributed by atoms with Crippen molar-refractivity contribution in [1.82, 2.24) is 9.97 Å². The molecule has 0 unspecified atom stereocenters. The number of benzene rings is 2. The number of piperidine rings is 1. The first-order valence-electron chi connectivity index (χ1n) is 9.96. The van der Waals surface area contributed by atoms with E-state index in [4.69, 9.17) is 32.9 Å². The smallest absolute Gasteiger partial charge is 0.258 e. The third kappa shape index (κ3) is 4.30. The average molecular weight is 445 g/mol. The molecule has 2 heterocycles. The van der Waals surface area contributed by atoms with Crippen molar-refractivity contribution in [3.05, 3.63) is 52.5 Å². The second kappa shape index (κ2) is 9.06. The van der Waals surface area contributed by atoms with Crippen LogP contribution < -0.4 is 15.0 Å². The summed E-state index contributed by atoms with van der Waals surface area (Å²) < 4.78 is 5.77. The third-order valence-corrected chi connectivity index (χ3v) is 5.74. The Hall–Kier alpha value is -2.57. The second-order valence-corrected chi connectivity index (χ2v) is 7.96. The Morgan fingerprint density at radius 1 is 1.13 bits per heavy atom. The monoisotopic (exact) mass is 444 g/mol. The zero-order valence-electron chi connectivity index (χ0n) is 16.6. The van der Waals surface area contributed by atoms with E-state index in [1.165, 1.54) is 0 Å². The number of para-hydroxylation sites is 3. The lowest BCUT2D eigenvalue weighted by Gasteiger charge is -2.33. The highest BCUT2D eigenvalue weighted by Crippen LogP contribution is 2.33. The molecule has 156 valence electrons. The first-order chi connectivity index (χ1) is 14.6. The van der Waals surface area contributed by atoms with Crippen LogP contribution in [0.3, 0.4) is 0 Å². The Balaban J connectivity index is 1.58. The normalized spacial score (nSPS) is 16.5. The van der Waals surface area contributed by atoms with Crippen LogP contribution in [0.5, 0.6) is 5.88 Å². The van der Waals surface area contributed by atoms with E-state index in [1.807, 2.05) is 31.2 Å². The third-order valence-electron chi connectivity index (χ3n) is 5.11. The van der Waals surface area contributed by atoms with Gasteiger partial charge in [0.2, 0.25) is 5.91 Å². The van der Waals surface area contributed by atoms with Gasteiger partial charge >= 0.3 is 0 Å². The Kier molecular flexibility index (Phi) is 6.25. The van der Waals surface area contributed by atoms with Gasteiger partial charge in [-0.1, -0.05) is 41.4 Å². The summed E-state index contributed by atoms with van der Waals surface area (Å²) in [7, 11) is 0. The number of carbonyl (C=O) groups excluding carboxylic acids is 1. The van der Waals surface area contributed by atoms with Gasteiger partial charge in [-0.3, -0.25) is 4.79 Å². The van der Waals surface area contributed by atoms with Crippen molar-refractivity contribution >= 4 is 51.6 Å². The summed E-state index contributed by atoms with van der Waals surface area (Å²) in [6.45, 7) is 3.70. The molecule has 0 spiro atoms. The molecule has 1 amide bonds. The summed E-state index contributed by atoms with van der Waals surface area (Å²) in [6.07, 6.45) is 1.63. The van der Waals surface area contributed by atoms with Gasteiger partial charge in [-0.2, -0.15) is 0 Å². The molecular weight excluding hydrogens is 423 g/mol. The van der Waals surface area contributed by atoms with E-state index in [9.17, 15) is 4.79 Å². The molecule has 1 atom stereocenters. The largest absolute Gasteiger partial charge is 0.475 e. The van der Waals surface area contributed by atoms with Crippen molar-refractivity contribution in [2.24, 2.45) is 5.92 Å². The molecule has 1 N–H and O–H groups in total. The van der Waals surface area contributed by atoms with Gasteiger partial charge in [-0.25, -0.2) is 9.97 Å². The lowest BCUT2D eigenvalue weighted by atomic mass is 9.97. The molecule has 1 aliphatic rings. The van der Waals surface area contributed by atoms with Crippen LogP contribution in [0.25, 0.3) is 11.0 Å². The van der Waals surface area contributed by atoms with Crippen molar-refractivity contribution in [3.63, 3.8) is 0 Å². The topological polar surface area (TPSA) is 67.4 Å². The van der Waals surface area contributed by atoms with Crippen LogP contribution in [0.1, 0.15) is 19.8 Å². The Bertz CT molecular complexity index is 1060. The number of carbonyl (C=O) groups is 1. The molecule has 0 bridgehead atoms. The summed E-state index contributed by atoms with van der Waals surface area (Å²) in [5.41, 5.74) is 2.03. The molecule has 1 aliphatic heterocycles. The van der Waals surface area contributed by atoms with E-state index in [-0.39, 0.29) is 11.8 Å². The molecule has 1 fully saturated rings. The number of fused-ring (bicyclic) bond motifs is 1. The van der Waals surface area contributed by atoms with Gasteiger partial charge in [0.25, 0.3) is 5.88 Å². The van der Waals surface area contributed by atoms with Gasteiger partial charge in [0.1, 0.15) is 0 Å². The number of hydrogen-bond donors (Lipinski definition) is 1. The van der Waals surface area contributed by atoms with Crippen molar-refractivity contribution in [1.29, 1.82) is 0 Å². The van der Waals surface area contributed by atoms with Gasteiger partial charge in [-0.05, 0) is 44.0 Å². The second-order valence-electron chi connectivity index (χ2n) is 7.15. The van der Waals surface area contributed by atoms with Gasteiger partial charge in [0.15, 0.2) is 5.82 Å². The molecule has 30 heavy (non-hydrogen) atoms. The van der Waals surface area contributed by atoms with Gasteiger partial charge in [0, 0.05) is 13.1 Å². The number of nitrogens with zero attached hydrogens (tertiary/aromatic N) is 3. The molecule has 4 rings (SSSR count). The number of amides is 1. The van der Waals surface area contributed by atoms with Gasteiger partial charge in [-0.15, -0.1) is 0 Å². The summed E-state index contributed by atoms with van der Waals surface area (Å²) >= 11 is 12.4. The first kappa shape index (κ1) is 20.7. The van der Waals surface area contributed by atoms with E-state index in [2.05, 4.69) is 15.2 Å². The van der Waals surface area contributed by atoms with Gasteiger partial charge in [0.05, 0.1) is 39.3 Å². The lowest BCUT2D eigenvalue weighted by Crippen LogP contribution is -2.41. The van der Waals surface area contributed by atoms with Crippen LogP contribution in [0.15, 0.2) is 42.5 Å². The molecule has 3 aromatic rings. The van der Waals surface area contributed by atoms with Crippen molar-refractivity contribution in [3.8, 4) is 5.88 Å². The Morgan fingerprint density at radius 2 is 1.83 bits per heavy atom. The van der Waals surface area contributed by atoms with Crippen LogP contribution in [-0.4, -0.2) is 35.6 Å². The van der Waals surface area contributed by atoms with Crippen LogP contribution in [0.2, 0.25) is 10.0 Å².